The number of fused-ring (bicyclic) bond motifs is 1. The molecule has 27 heavy (non-hydrogen) atoms. The molecular formula is C18H16FN3O4S. The van der Waals surface area contributed by atoms with Crippen molar-refractivity contribution in [3.63, 3.8) is 0 Å². The van der Waals surface area contributed by atoms with E-state index >= 15 is 0 Å². The molecule has 4 rings (SSSR count). The van der Waals surface area contributed by atoms with Gasteiger partial charge in [-0.2, -0.15) is 4.31 Å². The first-order valence-electron chi connectivity index (χ1n) is 8.40. The van der Waals surface area contributed by atoms with E-state index < -0.39 is 33.7 Å². The number of rotatable bonds is 3. The van der Waals surface area contributed by atoms with E-state index in [4.69, 9.17) is 0 Å². The highest BCUT2D eigenvalue weighted by Gasteiger charge is 2.45. The topological polar surface area (TPSA) is 87.7 Å². The van der Waals surface area contributed by atoms with Gasteiger partial charge in [0.15, 0.2) is 0 Å². The summed E-state index contributed by atoms with van der Waals surface area (Å²) in [6.45, 7) is 1.70. The van der Waals surface area contributed by atoms with Crippen molar-refractivity contribution in [2.24, 2.45) is 0 Å². The van der Waals surface area contributed by atoms with E-state index in [-0.39, 0.29) is 29.2 Å². The van der Waals surface area contributed by atoms with Gasteiger partial charge in [0.05, 0.1) is 16.5 Å². The van der Waals surface area contributed by atoms with Crippen molar-refractivity contribution in [2.75, 3.05) is 13.1 Å². The van der Waals surface area contributed by atoms with Crippen LogP contribution in [-0.2, 0) is 10.0 Å². The van der Waals surface area contributed by atoms with Crippen LogP contribution in [0.25, 0.3) is 0 Å². The van der Waals surface area contributed by atoms with Gasteiger partial charge in [0.1, 0.15) is 11.5 Å². The number of aryl methyl sites for hydroxylation is 1. The first-order chi connectivity index (χ1) is 12.8. The summed E-state index contributed by atoms with van der Waals surface area (Å²) in [5, 5.41) is 0. The molecule has 0 radical (unpaired) electrons. The number of pyridine rings is 1. The van der Waals surface area contributed by atoms with Gasteiger partial charge in [-0.1, -0.05) is 0 Å². The fourth-order valence-corrected chi connectivity index (χ4v) is 5.30. The molecule has 0 saturated carbocycles. The van der Waals surface area contributed by atoms with Crippen molar-refractivity contribution in [3.05, 3.63) is 59.2 Å². The summed E-state index contributed by atoms with van der Waals surface area (Å²) in [6, 6.07) is 6.05. The zero-order chi connectivity index (χ0) is 19.3. The molecule has 1 unspecified atom stereocenters. The zero-order valence-corrected chi connectivity index (χ0v) is 15.2. The number of sulfonamides is 1. The van der Waals surface area contributed by atoms with Crippen molar-refractivity contribution >= 4 is 21.8 Å². The first kappa shape index (κ1) is 17.7. The Hall–Kier alpha value is -2.65. The average Bonchev–Trinajstić information content (AvgIpc) is 3.20. The molecule has 140 valence electrons. The molecule has 1 aromatic heterocycles. The fraction of sp³-hybridized carbons (Fsp3) is 0.278. The Morgan fingerprint density at radius 2 is 1.96 bits per heavy atom. The molecule has 0 spiro atoms. The van der Waals surface area contributed by atoms with E-state index in [1.165, 1.54) is 29.6 Å². The van der Waals surface area contributed by atoms with Gasteiger partial charge in [0.25, 0.3) is 11.8 Å². The van der Waals surface area contributed by atoms with Crippen LogP contribution >= 0.6 is 0 Å². The van der Waals surface area contributed by atoms with E-state index in [1.807, 2.05) is 0 Å². The van der Waals surface area contributed by atoms with E-state index in [2.05, 4.69) is 4.98 Å². The minimum absolute atomic E-state index is 0.00458. The summed E-state index contributed by atoms with van der Waals surface area (Å²) >= 11 is 0. The van der Waals surface area contributed by atoms with Gasteiger partial charge in [-0.15, -0.1) is 0 Å². The quantitative estimate of drug-likeness (QED) is 0.744. The minimum atomic E-state index is -3.85. The van der Waals surface area contributed by atoms with Crippen LogP contribution in [0, 0.1) is 12.7 Å². The number of hydrogen-bond acceptors (Lipinski definition) is 5. The lowest BCUT2D eigenvalue weighted by Gasteiger charge is -2.22. The van der Waals surface area contributed by atoms with Gasteiger partial charge in [-0.05, 0) is 49.2 Å². The van der Waals surface area contributed by atoms with Crippen LogP contribution in [0.5, 0.6) is 0 Å². The van der Waals surface area contributed by atoms with Crippen LogP contribution < -0.4 is 0 Å². The molecule has 7 nitrogen and oxygen atoms in total. The third kappa shape index (κ3) is 2.74. The highest BCUT2D eigenvalue weighted by atomic mass is 32.2. The predicted molar refractivity (Wildman–Crippen MR) is 93.0 cm³/mol. The Bertz CT molecular complexity index is 1040. The molecular weight excluding hydrogens is 373 g/mol. The average molecular weight is 389 g/mol. The van der Waals surface area contributed by atoms with Gasteiger partial charge in [0, 0.05) is 19.3 Å². The maximum Gasteiger partial charge on any atom is 0.280 e. The third-order valence-corrected chi connectivity index (χ3v) is 6.95. The summed E-state index contributed by atoms with van der Waals surface area (Å²) in [5.74, 6) is -1.47. The minimum Gasteiger partial charge on any atom is -0.268 e. The van der Waals surface area contributed by atoms with E-state index in [0.29, 0.717) is 12.0 Å². The van der Waals surface area contributed by atoms with E-state index in [9.17, 15) is 22.4 Å². The van der Waals surface area contributed by atoms with E-state index in [0.717, 1.165) is 17.0 Å². The van der Waals surface area contributed by atoms with Crippen LogP contribution in [0.15, 0.2) is 41.4 Å². The van der Waals surface area contributed by atoms with E-state index in [1.54, 1.807) is 6.07 Å². The summed E-state index contributed by atoms with van der Waals surface area (Å²) in [6.07, 6.45) is 1.78. The molecule has 1 atom stereocenters. The van der Waals surface area contributed by atoms with Crippen molar-refractivity contribution in [1.82, 2.24) is 14.2 Å². The number of aromatic nitrogens is 1. The Balaban J connectivity index is 1.59. The largest absolute Gasteiger partial charge is 0.280 e. The van der Waals surface area contributed by atoms with Gasteiger partial charge in [-0.3, -0.25) is 19.5 Å². The second-order valence-electron chi connectivity index (χ2n) is 6.60. The molecule has 1 aromatic carbocycles. The van der Waals surface area contributed by atoms with Crippen LogP contribution in [0.1, 0.15) is 32.8 Å². The van der Waals surface area contributed by atoms with Crippen LogP contribution in [0.4, 0.5) is 4.39 Å². The van der Waals surface area contributed by atoms with Crippen LogP contribution in [-0.4, -0.2) is 53.6 Å². The fourth-order valence-electron chi connectivity index (χ4n) is 3.60. The summed E-state index contributed by atoms with van der Waals surface area (Å²) in [4.78, 5) is 30.2. The van der Waals surface area contributed by atoms with Gasteiger partial charge < -0.3 is 0 Å². The van der Waals surface area contributed by atoms with Crippen molar-refractivity contribution in [2.45, 2.75) is 24.3 Å². The van der Waals surface area contributed by atoms with Crippen LogP contribution in [0.3, 0.4) is 0 Å². The van der Waals surface area contributed by atoms with Crippen molar-refractivity contribution in [1.29, 1.82) is 0 Å². The second-order valence-corrected chi connectivity index (χ2v) is 8.50. The molecule has 1 saturated heterocycles. The lowest BCUT2D eigenvalue weighted by Crippen LogP contribution is -2.42. The number of carbonyl (C=O) groups excluding carboxylic acids is 2. The smallest absolute Gasteiger partial charge is 0.268 e. The number of hydrogen-bond donors (Lipinski definition) is 0. The molecule has 2 aliphatic rings. The Morgan fingerprint density at radius 1 is 1.19 bits per heavy atom. The SMILES string of the molecule is Cc1cc(F)ccc1S(=O)(=O)N1CCC(N2C(=O)c3cccnc3C2=O)C1. The zero-order valence-electron chi connectivity index (χ0n) is 14.4. The summed E-state index contributed by atoms with van der Waals surface area (Å²) < 4.78 is 40.4. The van der Waals surface area contributed by atoms with Gasteiger partial charge in [-0.25, -0.2) is 12.8 Å². The maximum absolute atomic E-state index is 13.3. The maximum atomic E-state index is 13.3. The lowest BCUT2D eigenvalue weighted by atomic mass is 10.2. The number of imide groups is 1. The number of carbonyl (C=O) groups is 2. The molecule has 2 aromatic rings. The molecule has 2 aliphatic heterocycles. The Labute approximate surface area is 155 Å². The van der Waals surface area contributed by atoms with Crippen LogP contribution in [0.2, 0.25) is 0 Å². The normalized spacial score (nSPS) is 20.4. The second kappa shape index (κ2) is 6.21. The Morgan fingerprint density at radius 3 is 2.67 bits per heavy atom. The molecule has 0 bridgehead atoms. The summed E-state index contributed by atoms with van der Waals surface area (Å²) in [7, 11) is -3.85. The number of halogens is 1. The Kier molecular flexibility index (Phi) is 4.08. The molecule has 1 fully saturated rings. The summed E-state index contributed by atoms with van der Waals surface area (Å²) in [5.41, 5.74) is 0.639. The van der Waals surface area contributed by atoms with Crippen molar-refractivity contribution < 1.29 is 22.4 Å². The molecule has 0 N–H and O–H groups in total. The molecule has 2 amide bonds. The van der Waals surface area contributed by atoms with Gasteiger partial charge >= 0.3 is 0 Å². The lowest BCUT2D eigenvalue weighted by molar-refractivity contribution is 0.0591. The number of nitrogens with zero attached hydrogens (tertiary/aromatic N) is 3. The monoisotopic (exact) mass is 389 g/mol. The number of amides is 2. The highest BCUT2D eigenvalue weighted by Crippen LogP contribution is 2.30. The number of benzene rings is 1. The first-order valence-corrected chi connectivity index (χ1v) is 9.84. The molecule has 9 heteroatoms. The third-order valence-electron chi connectivity index (χ3n) is 4.92. The highest BCUT2D eigenvalue weighted by molar-refractivity contribution is 7.89. The van der Waals surface area contributed by atoms with Crippen molar-refractivity contribution in [3.8, 4) is 0 Å². The predicted octanol–water partition coefficient (Wildman–Crippen LogP) is 1.59. The standard InChI is InChI=1S/C18H16FN3O4S/c1-11-9-12(19)4-5-15(11)27(25,26)21-8-6-13(10-21)22-17(23)14-3-2-7-20-16(14)18(22)24/h2-5,7,9,13H,6,8,10H2,1H3. The molecule has 0 aliphatic carbocycles. The van der Waals surface area contributed by atoms with Gasteiger partial charge in [0.2, 0.25) is 10.0 Å². The molecule has 3 heterocycles.